The molecule has 1 aromatic rings. The minimum atomic E-state index is -3.88. The fraction of sp³-hybridized carbons (Fsp3) is 0.650. The predicted molar refractivity (Wildman–Crippen MR) is 106 cm³/mol. The molecule has 0 bridgehead atoms. The molecule has 1 N–H and O–H groups in total. The SMILES string of the molecule is CC(C)[C@H](NS(=O)(=O)c1ccc2c(c1)OCCO2)C(=O)N1C[C@H](C)C[C@@H](C)C1. The van der Waals surface area contributed by atoms with Crippen LogP contribution >= 0.6 is 0 Å². The lowest BCUT2D eigenvalue weighted by Gasteiger charge is -2.37. The van der Waals surface area contributed by atoms with E-state index in [-0.39, 0.29) is 16.7 Å². The van der Waals surface area contributed by atoms with E-state index in [1.54, 1.807) is 11.0 Å². The van der Waals surface area contributed by atoms with Crippen molar-refractivity contribution in [3.8, 4) is 11.5 Å². The lowest BCUT2D eigenvalue weighted by molar-refractivity contribution is -0.136. The largest absolute Gasteiger partial charge is 0.486 e. The van der Waals surface area contributed by atoms with Crippen LogP contribution in [0.15, 0.2) is 23.1 Å². The molecule has 7 nitrogen and oxygen atoms in total. The number of carbonyl (C=O) groups is 1. The summed E-state index contributed by atoms with van der Waals surface area (Å²) in [6, 6.07) is 3.70. The smallest absolute Gasteiger partial charge is 0.241 e. The van der Waals surface area contributed by atoms with Crippen molar-refractivity contribution in [2.75, 3.05) is 26.3 Å². The molecule has 0 aromatic heterocycles. The van der Waals surface area contributed by atoms with E-state index in [4.69, 9.17) is 9.47 Å². The van der Waals surface area contributed by atoms with Crippen molar-refractivity contribution in [1.29, 1.82) is 0 Å². The summed E-state index contributed by atoms with van der Waals surface area (Å²) < 4.78 is 39.5. The van der Waals surface area contributed by atoms with E-state index >= 15 is 0 Å². The normalized spacial score (nSPS) is 23.5. The first kappa shape index (κ1) is 20.9. The topological polar surface area (TPSA) is 84.9 Å². The Morgan fingerprint density at radius 1 is 1.11 bits per heavy atom. The third kappa shape index (κ3) is 4.60. The molecule has 0 unspecified atom stereocenters. The zero-order valence-electron chi connectivity index (χ0n) is 17.0. The summed E-state index contributed by atoms with van der Waals surface area (Å²) in [4.78, 5) is 15.0. The van der Waals surface area contributed by atoms with Gasteiger partial charge in [0.1, 0.15) is 19.3 Å². The van der Waals surface area contributed by atoms with Crippen LogP contribution in [0.3, 0.4) is 0 Å². The maximum absolute atomic E-state index is 13.1. The Hall–Kier alpha value is -1.80. The van der Waals surface area contributed by atoms with Gasteiger partial charge in [-0.15, -0.1) is 0 Å². The van der Waals surface area contributed by atoms with Crippen LogP contribution in [-0.4, -0.2) is 51.6 Å². The van der Waals surface area contributed by atoms with Gasteiger partial charge in [-0.3, -0.25) is 4.79 Å². The Bertz CT molecular complexity index is 814. The zero-order valence-corrected chi connectivity index (χ0v) is 17.8. The molecule has 28 heavy (non-hydrogen) atoms. The van der Waals surface area contributed by atoms with Gasteiger partial charge in [-0.05, 0) is 36.3 Å². The van der Waals surface area contributed by atoms with Crippen LogP contribution in [0.4, 0.5) is 0 Å². The summed E-state index contributed by atoms with van der Waals surface area (Å²) >= 11 is 0. The first-order valence-electron chi connectivity index (χ1n) is 9.88. The summed E-state index contributed by atoms with van der Waals surface area (Å²) in [5.41, 5.74) is 0. The third-order valence-corrected chi connectivity index (χ3v) is 6.66. The molecule has 0 radical (unpaired) electrons. The van der Waals surface area contributed by atoms with Crippen LogP contribution in [0.5, 0.6) is 11.5 Å². The van der Waals surface area contributed by atoms with Crippen LogP contribution in [-0.2, 0) is 14.8 Å². The van der Waals surface area contributed by atoms with E-state index in [2.05, 4.69) is 18.6 Å². The van der Waals surface area contributed by atoms with Crippen LogP contribution in [0.1, 0.15) is 34.1 Å². The second kappa shape index (κ2) is 8.29. The van der Waals surface area contributed by atoms with Gasteiger partial charge in [0, 0.05) is 19.2 Å². The lowest BCUT2D eigenvalue weighted by Crippen LogP contribution is -2.54. The molecule has 1 amide bonds. The molecule has 3 atom stereocenters. The van der Waals surface area contributed by atoms with Gasteiger partial charge in [0.15, 0.2) is 11.5 Å². The van der Waals surface area contributed by atoms with Gasteiger partial charge in [0.25, 0.3) is 0 Å². The number of fused-ring (bicyclic) bond motifs is 1. The summed E-state index contributed by atoms with van der Waals surface area (Å²) in [5, 5.41) is 0. The highest BCUT2D eigenvalue weighted by atomic mass is 32.2. The van der Waals surface area contributed by atoms with Crippen molar-refractivity contribution in [2.45, 2.75) is 45.1 Å². The molecule has 2 aliphatic heterocycles. The molecule has 2 heterocycles. The number of amides is 1. The zero-order chi connectivity index (χ0) is 20.5. The number of nitrogens with zero attached hydrogens (tertiary/aromatic N) is 1. The number of likely N-dealkylation sites (tertiary alicyclic amines) is 1. The fourth-order valence-electron chi connectivity index (χ4n) is 3.94. The van der Waals surface area contributed by atoms with Crippen LogP contribution in [0.25, 0.3) is 0 Å². The van der Waals surface area contributed by atoms with Crippen molar-refractivity contribution in [2.24, 2.45) is 17.8 Å². The monoisotopic (exact) mass is 410 g/mol. The Morgan fingerprint density at radius 2 is 1.71 bits per heavy atom. The quantitative estimate of drug-likeness (QED) is 0.805. The third-order valence-electron chi connectivity index (χ3n) is 5.22. The molecule has 0 spiro atoms. The molecule has 8 heteroatoms. The highest BCUT2D eigenvalue weighted by molar-refractivity contribution is 7.89. The van der Waals surface area contributed by atoms with E-state index in [1.807, 2.05) is 13.8 Å². The summed E-state index contributed by atoms with van der Waals surface area (Å²) in [5.74, 6) is 1.42. The van der Waals surface area contributed by atoms with Crippen molar-refractivity contribution >= 4 is 15.9 Å². The van der Waals surface area contributed by atoms with Gasteiger partial charge in [0.05, 0.1) is 4.90 Å². The molecular formula is C20H30N2O5S. The number of nitrogens with one attached hydrogen (secondary N) is 1. The standard InChI is InChI=1S/C20H30N2O5S/c1-13(2)19(20(23)22-11-14(3)9-15(4)12-22)21-28(24,25)16-5-6-17-18(10-16)27-8-7-26-17/h5-6,10,13-15,19,21H,7-9,11-12H2,1-4H3/t14-,15-,19+/m1/s1. The predicted octanol–water partition coefficient (Wildman–Crippen LogP) is 2.27. The molecule has 156 valence electrons. The number of benzene rings is 1. The Balaban J connectivity index is 1.80. The summed E-state index contributed by atoms with van der Waals surface area (Å²) in [6.45, 7) is 10.1. The summed E-state index contributed by atoms with van der Waals surface area (Å²) in [6.07, 6.45) is 1.08. The van der Waals surface area contributed by atoms with Crippen LogP contribution < -0.4 is 14.2 Å². The molecule has 1 saturated heterocycles. The highest BCUT2D eigenvalue weighted by Gasteiger charge is 2.35. The number of ether oxygens (including phenoxy) is 2. The van der Waals surface area contributed by atoms with Gasteiger partial charge < -0.3 is 14.4 Å². The Morgan fingerprint density at radius 3 is 2.32 bits per heavy atom. The number of rotatable bonds is 5. The van der Waals surface area contributed by atoms with E-state index in [9.17, 15) is 13.2 Å². The minimum Gasteiger partial charge on any atom is -0.486 e. The molecule has 3 rings (SSSR count). The number of hydrogen-bond acceptors (Lipinski definition) is 5. The van der Waals surface area contributed by atoms with E-state index in [0.29, 0.717) is 49.6 Å². The average molecular weight is 411 g/mol. The first-order valence-corrected chi connectivity index (χ1v) is 11.4. The first-order chi connectivity index (χ1) is 13.2. The number of piperidine rings is 1. The number of carbonyl (C=O) groups excluding carboxylic acids is 1. The number of hydrogen-bond donors (Lipinski definition) is 1. The molecule has 1 aromatic carbocycles. The fourth-order valence-corrected chi connectivity index (χ4v) is 5.29. The molecule has 2 aliphatic rings. The van der Waals surface area contributed by atoms with Crippen molar-refractivity contribution in [1.82, 2.24) is 9.62 Å². The van der Waals surface area contributed by atoms with Crippen molar-refractivity contribution in [3.63, 3.8) is 0 Å². The molecule has 1 fully saturated rings. The van der Waals surface area contributed by atoms with E-state index in [1.165, 1.54) is 12.1 Å². The average Bonchev–Trinajstić information content (AvgIpc) is 2.64. The maximum atomic E-state index is 13.1. The Labute approximate surface area is 167 Å². The molecular weight excluding hydrogens is 380 g/mol. The highest BCUT2D eigenvalue weighted by Crippen LogP contribution is 2.32. The summed E-state index contributed by atoms with van der Waals surface area (Å²) in [7, 11) is -3.88. The van der Waals surface area contributed by atoms with Gasteiger partial charge >= 0.3 is 0 Å². The second-order valence-electron chi connectivity index (χ2n) is 8.34. The van der Waals surface area contributed by atoms with Crippen molar-refractivity contribution < 1.29 is 22.7 Å². The van der Waals surface area contributed by atoms with Gasteiger partial charge in [-0.1, -0.05) is 27.7 Å². The van der Waals surface area contributed by atoms with Gasteiger partial charge in [-0.25, -0.2) is 8.42 Å². The maximum Gasteiger partial charge on any atom is 0.241 e. The molecule has 0 saturated carbocycles. The lowest BCUT2D eigenvalue weighted by atomic mass is 9.91. The number of sulfonamides is 1. The van der Waals surface area contributed by atoms with E-state index < -0.39 is 16.1 Å². The van der Waals surface area contributed by atoms with Crippen molar-refractivity contribution in [3.05, 3.63) is 18.2 Å². The van der Waals surface area contributed by atoms with Crippen LogP contribution in [0, 0.1) is 17.8 Å². The van der Waals surface area contributed by atoms with Gasteiger partial charge in [0.2, 0.25) is 15.9 Å². The van der Waals surface area contributed by atoms with E-state index in [0.717, 1.165) is 6.42 Å². The Kier molecular flexibility index (Phi) is 6.19. The molecule has 0 aliphatic carbocycles. The minimum absolute atomic E-state index is 0.0654. The second-order valence-corrected chi connectivity index (χ2v) is 10.1. The van der Waals surface area contributed by atoms with Gasteiger partial charge in [-0.2, -0.15) is 4.72 Å². The van der Waals surface area contributed by atoms with Crippen LogP contribution in [0.2, 0.25) is 0 Å².